The first-order valence-corrected chi connectivity index (χ1v) is 5.12. The molecule has 0 aliphatic heterocycles. The van der Waals surface area contributed by atoms with E-state index >= 15 is 0 Å². The highest BCUT2D eigenvalue weighted by Crippen LogP contribution is 2.18. The predicted molar refractivity (Wildman–Crippen MR) is 64.0 cm³/mol. The van der Waals surface area contributed by atoms with Crippen LogP contribution in [0.2, 0.25) is 0 Å². The summed E-state index contributed by atoms with van der Waals surface area (Å²) in [6.07, 6.45) is 5.16. The summed E-state index contributed by atoms with van der Waals surface area (Å²) < 4.78 is 0. The largest absolute Gasteiger partial charge is 0.0988 e. The molecule has 0 heterocycles. The number of rotatable bonds is 3. The molecule has 0 spiro atoms. The number of allylic oxidation sites excluding steroid dienone is 5. The van der Waals surface area contributed by atoms with Gasteiger partial charge in [0.25, 0.3) is 0 Å². The Morgan fingerprint density at radius 2 is 1.69 bits per heavy atom. The average Bonchev–Trinajstić information content (AvgIpc) is 2.21. The van der Waals surface area contributed by atoms with Crippen molar-refractivity contribution in [2.75, 3.05) is 0 Å². The molecule has 76 valence electrons. The molecule has 0 heteroatoms. The second-order valence-electron chi connectivity index (χ2n) is 2.69. The van der Waals surface area contributed by atoms with E-state index < -0.39 is 0 Å². The van der Waals surface area contributed by atoms with Crippen LogP contribution in [0.5, 0.6) is 0 Å². The minimum atomic E-state index is 1.09. The maximum absolute atomic E-state index is 3.76. The lowest BCUT2D eigenvalue weighted by atomic mass is 9.99. The smallest absolute Gasteiger partial charge is 0.0302 e. The summed E-state index contributed by atoms with van der Waals surface area (Å²) in [5.41, 5.74) is 4.08. The maximum atomic E-state index is 3.76. The number of hydrogen-bond acceptors (Lipinski definition) is 0. The van der Waals surface area contributed by atoms with Gasteiger partial charge in [0.05, 0.1) is 0 Å². The van der Waals surface area contributed by atoms with Gasteiger partial charge < -0.3 is 0 Å². The Labute approximate surface area is 84.1 Å². The zero-order chi connectivity index (χ0) is 10.9. The van der Waals surface area contributed by atoms with Crippen molar-refractivity contribution >= 4 is 0 Å². The van der Waals surface area contributed by atoms with E-state index in [4.69, 9.17) is 0 Å². The fourth-order valence-electron chi connectivity index (χ4n) is 1.17. The van der Waals surface area contributed by atoms with Crippen molar-refractivity contribution in [2.45, 2.75) is 48.0 Å². The van der Waals surface area contributed by atoms with Gasteiger partial charge in [-0.15, -0.1) is 0 Å². The van der Waals surface area contributed by atoms with E-state index in [1.54, 1.807) is 0 Å². The summed E-state index contributed by atoms with van der Waals surface area (Å²) >= 11 is 0. The fraction of sp³-hybridized carbons (Fsp3) is 0.538. The standard InChI is InChI=1S/C11H18.C2H6/c1-6-9(4)11(8-3)10(5)7-2;1-2/h6-7H,1,8H2,2-5H3;1-2H3/b10-7-,11-9-;. The molecule has 0 rings (SSSR count). The lowest BCUT2D eigenvalue weighted by Crippen LogP contribution is -1.86. The average molecular weight is 180 g/mol. The van der Waals surface area contributed by atoms with E-state index in [0.29, 0.717) is 0 Å². The van der Waals surface area contributed by atoms with Gasteiger partial charge in [-0.05, 0) is 38.3 Å². The summed E-state index contributed by atoms with van der Waals surface area (Å²) in [6.45, 7) is 16.3. The Morgan fingerprint density at radius 3 is 1.92 bits per heavy atom. The lowest BCUT2D eigenvalue weighted by Gasteiger charge is -2.06. The van der Waals surface area contributed by atoms with Gasteiger partial charge in [-0.1, -0.05) is 45.1 Å². The summed E-state index contributed by atoms with van der Waals surface area (Å²) in [4.78, 5) is 0. The molecule has 0 aromatic heterocycles. The van der Waals surface area contributed by atoms with E-state index in [-0.39, 0.29) is 0 Å². The highest BCUT2D eigenvalue weighted by Gasteiger charge is 1.98. The van der Waals surface area contributed by atoms with Crippen LogP contribution in [-0.2, 0) is 0 Å². The fourth-order valence-corrected chi connectivity index (χ4v) is 1.17. The second-order valence-corrected chi connectivity index (χ2v) is 2.69. The van der Waals surface area contributed by atoms with E-state index in [9.17, 15) is 0 Å². The van der Waals surface area contributed by atoms with E-state index in [1.165, 1.54) is 16.7 Å². The molecule has 0 aromatic carbocycles. The molecule has 0 N–H and O–H groups in total. The SMILES string of the molecule is C=C/C(C)=C(CC)\C(C)=C/C.CC. The van der Waals surface area contributed by atoms with Gasteiger partial charge in [0, 0.05) is 0 Å². The molecular formula is C13H24. The molecule has 0 amide bonds. The molecule has 0 nitrogen and oxygen atoms in total. The van der Waals surface area contributed by atoms with Gasteiger partial charge in [0.15, 0.2) is 0 Å². The summed E-state index contributed by atoms with van der Waals surface area (Å²) in [5.74, 6) is 0. The van der Waals surface area contributed by atoms with Crippen LogP contribution >= 0.6 is 0 Å². The molecule has 0 bridgehead atoms. The maximum Gasteiger partial charge on any atom is -0.0302 e. The quantitative estimate of drug-likeness (QED) is 0.542. The Kier molecular flexibility index (Phi) is 10.5. The Morgan fingerprint density at radius 1 is 1.23 bits per heavy atom. The number of hydrogen-bond donors (Lipinski definition) is 0. The van der Waals surface area contributed by atoms with E-state index in [1.807, 2.05) is 19.9 Å². The monoisotopic (exact) mass is 180 g/mol. The van der Waals surface area contributed by atoms with Gasteiger partial charge >= 0.3 is 0 Å². The molecule has 0 aliphatic carbocycles. The van der Waals surface area contributed by atoms with Crippen molar-refractivity contribution in [3.63, 3.8) is 0 Å². The van der Waals surface area contributed by atoms with Crippen molar-refractivity contribution in [1.29, 1.82) is 0 Å². The Balaban J connectivity index is 0. The van der Waals surface area contributed by atoms with Crippen molar-refractivity contribution < 1.29 is 0 Å². The van der Waals surface area contributed by atoms with Crippen LogP contribution in [0.3, 0.4) is 0 Å². The van der Waals surface area contributed by atoms with Crippen LogP contribution in [0.4, 0.5) is 0 Å². The first-order chi connectivity index (χ1) is 6.17. The third-order valence-corrected chi connectivity index (χ3v) is 2.04. The van der Waals surface area contributed by atoms with Crippen LogP contribution in [0.1, 0.15) is 48.0 Å². The second kappa shape index (κ2) is 9.31. The molecule has 0 fully saturated rings. The van der Waals surface area contributed by atoms with Crippen LogP contribution in [0, 0.1) is 0 Å². The van der Waals surface area contributed by atoms with Crippen molar-refractivity contribution in [3.8, 4) is 0 Å². The van der Waals surface area contributed by atoms with Crippen molar-refractivity contribution in [1.82, 2.24) is 0 Å². The minimum Gasteiger partial charge on any atom is -0.0988 e. The van der Waals surface area contributed by atoms with Crippen molar-refractivity contribution in [3.05, 3.63) is 35.5 Å². The Hall–Kier alpha value is -0.780. The topological polar surface area (TPSA) is 0 Å². The first kappa shape index (κ1) is 14.7. The molecule has 0 unspecified atom stereocenters. The Bertz CT molecular complexity index is 192. The van der Waals surface area contributed by atoms with Gasteiger partial charge in [-0.3, -0.25) is 0 Å². The first-order valence-electron chi connectivity index (χ1n) is 5.12. The summed E-state index contributed by atoms with van der Waals surface area (Å²) in [5, 5.41) is 0. The zero-order valence-electron chi connectivity index (χ0n) is 10.1. The van der Waals surface area contributed by atoms with Gasteiger partial charge in [-0.25, -0.2) is 0 Å². The van der Waals surface area contributed by atoms with Gasteiger partial charge in [0.1, 0.15) is 0 Å². The summed E-state index contributed by atoms with van der Waals surface area (Å²) in [7, 11) is 0. The highest BCUT2D eigenvalue weighted by molar-refractivity contribution is 5.36. The van der Waals surface area contributed by atoms with Crippen LogP contribution in [0.25, 0.3) is 0 Å². The van der Waals surface area contributed by atoms with Crippen LogP contribution < -0.4 is 0 Å². The molecule has 0 radical (unpaired) electrons. The molecule has 0 atom stereocenters. The predicted octanol–water partition coefficient (Wildman–Crippen LogP) is 4.89. The molecule has 0 aromatic rings. The normalized spacial score (nSPS) is 12.6. The molecule has 13 heavy (non-hydrogen) atoms. The third kappa shape index (κ3) is 5.46. The van der Waals surface area contributed by atoms with Crippen molar-refractivity contribution in [2.24, 2.45) is 0 Å². The molecule has 0 aliphatic rings. The van der Waals surface area contributed by atoms with Crippen LogP contribution in [-0.4, -0.2) is 0 Å². The molecule has 0 saturated heterocycles. The van der Waals surface area contributed by atoms with Crippen LogP contribution in [0.15, 0.2) is 35.5 Å². The minimum absolute atomic E-state index is 1.09. The summed E-state index contributed by atoms with van der Waals surface area (Å²) in [6, 6.07) is 0. The lowest BCUT2D eigenvalue weighted by molar-refractivity contribution is 1.07. The molecule has 0 saturated carbocycles. The van der Waals surface area contributed by atoms with Gasteiger partial charge in [-0.2, -0.15) is 0 Å². The van der Waals surface area contributed by atoms with Gasteiger partial charge in [0.2, 0.25) is 0 Å². The zero-order valence-corrected chi connectivity index (χ0v) is 10.1. The highest BCUT2D eigenvalue weighted by atomic mass is 14.0. The van der Waals surface area contributed by atoms with E-state index in [2.05, 4.69) is 40.3 Å². The molecular weight excluding hydrogens is 156 g/mol. The third-order valence-electron chi connectivity index (χ3n) is 2.04. The van der Waals surface area contributed by atoms with E-state index in [0.717, 1.165) is 6.42 Å².